The van der Waals surface area contributed by atoms with E-state index >= 15 is 0 Å². The molecule has 4 aromatic heterocycles. The molecule has 262 valence electrons. The van der Waals surface area contributed by atoms with Gasteiger partial charge in [0.25, 0.3) is 0 Å². The predicted octanol–water partition coefficient (Wildman–Crippen LogP) is 14.1. The molecule has 0 fully saturated rings. The van der Waals surface area contributed by atoms with Crippen LogP contribution >= 0.6 is 11.3 Å². The van der Waals surface area contributed by atoms with E-state index in [1.54, 1.807) is 0 Å². The minimum absolute atomic E-state index is 0.669. The van der Waals surface area contributed by atoms with Gasteiger partial charge >= 0.3 is 0 Å². The molecule has 0 spiro atoms. The summed E-state index contributed by atoms with van der Waals surface area (Å²) in [5, 5.41) is 4.80. The number of furan rings is 1. The van der Waals surface area contributed by atoms with Gasteiger partial charge in [-0.3, -0.25) is 4.98 Å². The number of thiophene rings is 1. The summed E-state index contributed by atoms with van der Waals surface area (Å²) in [6.45, 7) is 0. The molecule has 0 N–H and O–H groups in total. The lowest BCUT2D eigenvalue weighted by atomic mass is 9.94. The van der Waals surface area contributed by atoms with Crippen LogP contribution in [0.3, 0.4) is 0 Å². The monoisotopic (exact) mass is 733 g/mol. The molecule has 0 unspecified atom stereocenters. The molecule has 4 heterocycles. The van der Waals surface area contributed by atoms with Crippen molar-refractivity contribution in [1.82, 2.24) is 15.0 Å². The second kappa shape index (κ2) is 13.3. The van der Waals surface area contributed by atoms with Crippen molar-refractivity contribution in [3.63, 3.8) is 0 Å². The van der Waals surface area contributed by atoms with E-state index in [4.69, 9.17) is 14.4 Å². The molecule has 7 aromatic carbocycles. The van der Waals surface area contributed by atoms with Crippen molar-refractivity contribution in [2.75, 3.05) is 0 Å². The van der Waals surface area contributed by atoms with E-state index in [2.05, 4.69) is 145 Å². The molecule has 0 amide bonds. The van der Waals surface area contributed by atoms with Gasteiger partial charge in [0.2, 0.25) is 0 Å². The number of nitrogens with zero attached hydrogens (tertiary/aromatic N) is 3. The lowest BCUT2D eigenvalue weighted by Crippen LogP contribution is -1.96. The Morgan fingerprint density at radius 2 is 1.05 bits per heavy atom. The van der Waals surface area contributed by atoms with Gasteiger partial charge < -0.3 is 4.42 Å². The van der Waals surface area contributed by atoms with Crippen molar-refractivity contribution < 1.29 is 4.42 Å². The average Bonchev–Trinajstić information content (AvgIpc) is 3.85. The van der Waals surface area contributed by atoms with Gasteiger partial charge in [0, 0.05) is 65.0 Å². The van der Waals surface area contributed by atoms with Gasteiger partial charge in [0.05, 0.1) is 17.1 Å². The third kappa shape index (κ3) is 5.56. The van der Waals surface area contributed by atoms with Crippen molar-refractivity contribution in [2.24, 2.45) is 0 Å². The van der Waals surface area contributed by atoms with Crippen LogP contribution in [0, 0.1) is 0 Å². The third-order valence-corrected chi connectivity index (χ3v) is 11.7. The highest BCUT2D eigenvalue weighted by Crippen LogP contribution is 2.44. The highest BCUT2D eigenvalue weighted by Gasteiger charge is 2.19. The van der Waals surface area contributed by atoms with Gasteiger partial charge in [-0.05, 0) is 65.2 Å². The molecule has 11 rings (SSSR count). The van der Waals surface area contributed by atoms with Crippen LogP contribution in [0.25, 0.3) is 110 Å². The van der Waals surface area contributed by atoms with Crippen LogP contribution in [-0.2, 0) is 0 Å². The van der Waals surface area contributed by atoms with Crippen molar-refractivity contribution in [3.8, 4) is 67.4 Å². The fourth-order valence-corrected chi connectivity index (χ4v) is 8.99. The first kappa shape index (κ1) is 32.2. The van der Waals surface area contributed by atoms with E-state index in [1.807, 2.05) is 60.0 Å². The molecule has 0 saturated carbocycles. The third-order valence-electron chi connectivity index (χ3n) is 10.6. The van der Waals surface area contributed by atoms with Gasteiger partial charge in [-0.25, -0.2) is 9.97 Å². The van der Waals surface area contributed by atoms with Crippen molar-refractivity contribution in [2.45, 2.75) is 0 Å². The summed E-state index contributed by atoms with van der Waals surface area (Å²) in [4.78, 5) is 14.8. The molecule has 0 aliphatic rings. The number of benzene rings is 7. The first-order valence-corrected chi connectivity index (χ1v) is 19.5. The summed E-state index contributed by atoms with van der Waals surface area (Å²) < 4.78 is 9.27. The molecule has 0 atom stereocenters. The highest BCUT2D eigenvalue weighted by molar-refractivity contribution is 7.25. The van der Waals surface area contributed by atoms with E-state index < -0.39 is 0 Å². The first-order valence-electron chi connectivity index (χ1n) is 18.7. The van der Waals surface area contributed by atoms with E-state index in [-0.39, 0.29) is 0 Å². The quantitative estimate of drug-likeness (QED) is 0.171. The van der Waals surface area contributed by atoms with Crippen molar-refractivity contribution >= 4 is 53.4 Å². The first-order chi connectivity index (χ1) is 27.7. The smallest absolute Gasteiger partial charge is 0.160 e. The number of pyridine rings is 1. The number of hydrogen-bond donors (Lipinski definition) is 0. The predicted molar refractivity (Wildman–Crippen MR) is 233 cm³/mol. The van der Waals surface area contributed by atoms with Crippen LogP contribution in [0.4, 0.5) is 0 Å². The van der Waals surface area contributed by atoms with Crippen LogP contribution in [-0.4, -0.2) is 15.0 Å². The normalized spacial score (nSPS) is 11.6. The average molecular weight is 734 g/mol. The topological polar surface area (TPSA) is 51.8 Å². The highest BCUT2D eigenvalue weighted by atomic mass is 32.1. The second-order valence-electron chi connectivity index (χ2n) is 14.0. The summed E-state index contributed by atoms with van der Waals surface area (Å²) in [5.74, 6) is 0.669. The Kier molecular flexibility index (Phi) is 7.64. The summed E-state index contributed by atoms with van der Waals surface area (Å²) in [7, 11) is 0. The van der Waals surface area contributed by atoms with Crippen LogP contribution in [0.15, 0.2) is 193 Å². The molecular weight excluding hydrogens is 703 g/mol. The number of para-hydroxylation sites is 1. The second-order valence-corrected chi connectivity index (χ2v) is 15.1. The lowest BCUT2D eigenvalue weighted by molar-refractivity contribution is 0.670. The number of fused-ring (bicyclic) bond motifs is 6. The lowest BCUT2D eigenvalue weighted by Gasteiger charge is -2.12. The number of rotatable bonds is 6. The summed E-state index contributed by atoms with van der Waals surface area (Å²) in [6, 6.07) is 63.5. The minimum atomic E-state index is 0.669. The van der Waals surface area contributed by atoms with E-state index in [1.165, 1.54) is 20.2 Å². The summed E-state index contributed by atoms with van der Waals surface area (Å²) >= 11 is 1.84. The van der Waals surface area contributed by atoms with E-state index in [0.29, 0.717) is 5.82 Å². The van der Waals surface area contributed by atoms with Crippen molar-refractivity contribution in [1.29, 1.82) is 0 Å². The summed E-state index contributed by atoms with van der Waals surface area (Å²) in [5.41, 5.74) is 12.9. The van der Waals surface area contributed by atoms with Crippen LogP contribution in [0.1, 0.15) is 0 Å². The Morgan fingerprint density at radius 3 is 1.89 bits per heavy atom. The zero-order valence-electron chi connectivity index (χ0n) is 30.1. The van der Waals surface area contributed by atoms with Crippen LogP contribution < -0.4 is 0 Å². The van der Waals surface area contributed by atoms with Crippen molar-refractivity contribution in [3.05, 3.63) is 188 Å². The van der Waals surface area contributed by atoms with E-state index in [0.717, 1.165) is 83.5 Å². The molecule has 0 aliphatic heterocycles. The Hall–Kier alpha value is -7.21. The molecule has 0 radical (unpaired) electrons. The Bertz CT molecular complexity index is 3240. The Morgan fingerprint density at radius 1 is 0.393 bits per heavy atom. The van der Waals surface area contributed by atoms with E-state index in [9.17, 15) is 0 Å². The molecular formula is C51H31N3OS. The van der Waals surface area contributed by atoms with Crippen LogP contribution in [0.2, 0.25) is 0 Å². The zero-order valence-corrected chi connectivity index (χ0v) is 30.9. The molecule has 11 aromatic rings. The Balaban J connectivity index is 1.02. The maximum atomic E-state index is 6.69. The SMILES string of the molecule is c1ccc(-c2cc(-c3cccc(-c4ccccn4)c3)nc(-c3ccc(-c4ccc(-c5ccc6c(c5)sc5ccccc56)c5oc6ccccc6c45)cc3)n2)cc1. The molecule has 5 heteroatoms. The fourth-order valence-electron chi connectivity index (χ4n) is 7.84. The van der Waals surface area contributed by atoms with Gasteiger partial charge in [-0.2, -0.15) is 0 Å². The molecule has 0 bridgehead atoms. The largest absolute Gasteiger partial charge is 0.455 e. The zero-order chi connectivity index (χ0) is 37.0. The summed E-state index contributed by atoms with van der Waals surface area (Å²) in [6.07, 6.45) is 1.82. The number of hydrogen-bond acceptors (Lipinski definition) is 5. The van der Waals surface area contributed by atoms with Gasteiger partial charge in [-0.15, -0.1) is 11.3 Å². The Labute approximate surface area is 327 Å². The molecule has 4 nitrogen and oxygen atoms in total. The van der Waals surface area contributed by atoms with Crippen LogP contribution in [0.5, 0.6) is 0 Å². The molecule has 0 aliphatic carbocycles. The molecule has 0 saturated heterocycles. The van der Waals surface area contributed by atoms with Gasteiger partial charge in [0.15, 0.2) is 5.82 Å². The fraction of sp³-hybridized carbons (Fsp3) is 0. The molecule has 56 heavy (non-hydrogen) atoms. The minimum Gasteiger partial charge on any atom is -0.455 e. The maximum Gasteiger partial charge on any atom is 0.160 e. The standard InChI is InChI=1S/C51H31N3OS/c1-2-11-33(12-3-1)44-31-45(37-14-10-13-36(29-37)43-17-8-9-28-52-43)54-51(53-44)34-22-20-32(21-23-34)38-26-27-39(50-49(38)42-16-4-6-18-46(42)55-50)35-24-25-41-40-15-5-7-19-47(40)56-48(41)30-35/h1-31H. The van der Waals surface area contributed by atoms with Gasteiger partial charge in [-0.1, -0.05) is 133 Å². The maximum absolute atomic E-state index is 6.69. The number of aromatic nitrogens is 3. The van der Waals surface area contributed by atoms with Gasteiger partial charge in [0.1, 0.15) is 11.2 Å².